The number of fused-ring (bicyclic) bond motifs is 3. The molecule has 4 rings (SSSR count). The van der Waals surface area contributed by atoms with Gasteiger partial charge in [0.2, 0.25) is 5.82 Å². The first kappa shape index (κ1) is 23.9. The molecule has 1 unspecified atom stereocenters. The van der Waals surface area contributed by atoms with E-state index < -0.39 is 24.0 Å². The molecule has 10 heteroatoms. The van der Waals surface area contributed by atoms with Gasteiger partial charge in [-0.3, -0.25) is 20.0 Å². The number of benzene rings is 2. The molecule has 3 aromatic rings. The van der Waals surface area contributed by atoms with Crippen LogP contribution in [0.5, 0.6) is 0 Å². The molecule has 1 aliphatic rings. The maximum Gasteiger partial charge on any atom is 0.414 e. The number of aromatic nitrogens is 3. The predicted octanol–water partition coefficient (Wildman–Crippen LogP) is 3.93. The maximum absolute atomic E-state index is 12.5. The van der Waals surface area contributed by atoms with Gasteiger partial charge in [0.1, 0.15) is 6.61 Å². The van der Waals surface area contributed by atoms with Crippen molar-refractivity contribution in [3.63, 3.8) is 0 Å². The molecule has 0 aliphatic heterocycles. The average molecular weight is 478 g/mol. The van der Waals surface area contributed by atoms with Gasteiger partial charge in [-0.25, -0.2) is 4.79 Å². The third-order valence-corrected chi connectivity index (χ3v) is 5.92. The second-order valence-corrected chi connectivity index (χ2v) is 8.37. The van der Waals surface area contributed by atoms with Crippen molar-refractivity contribution in [3.05, 3.63) is 65.5 Å². The topological polar surface area (TPSA) is 146 Å². The van der Waals surface area contributed by atoms with E-state index in [1.807, 2.05) is 43.3 Å². The quantitative estimate of drug-likeness (QED) is 0.346. The predicted molar refractivity (Wildman–Crippen MR) is 128 cm³/mol. The number of carboxylic acid groups (broad SMARTS) is 1. The van der Waals surface area contributed by atoms with E-state index in [9.17, 15) is 14.4 Å². The molecular weight excluding hydrogens is 450 g/mol. The minimum atomic E-state index is -0.999. The average Bonchev–Trinajstić information content (AvgIpc) is 3.43. The number of ether oxygens (including phenoxy) is 1. The lowest BCUT2D eigenvalue weighted by atomic mass is 9.98. The van der Waals surface area contributed by atoms with Crippen LogP contribution in [-0.4, -0.2) is 50.9 Å². The summed E-state index contributed by atoms with van der Waals surface area (Å²) in [6.07, 6.45) is 1.26. The molecule has 35 heavy (non-hydrogen) atoms. The number of carboxylic acids is 1. The fourth-order valence-corrected chi connectivity index (χ4v) is 4.29. The Balaban J connectivity index is 1.34. The Kier molecular flexibility index (Phi) is 7.39. The SMILES string of the molecule is CCCCC(CC(=O)O)NC(=O)c1nc(NC(=O)OCC2c3ccccc3-c3ccccc32)n[nH]1. The second-order valence-electron chi connectivity index (χ2n) is 8.37. The van der Waals surface area contributed by atoms with Crippen LogP contribution in [0.4, 0.5) is 10.7 Å². The summed E-state index contributed by atoms with van der Waals surface area (Å²) in [5.74, 6) is -1.93. The molecule has 0 fully saturated rings. The Labute approximate surface area is 202 Å². The van der Waals surface area contributed by atoms with Crippen LogP contribution in [0.1, 0.15) is 60.3 Å². The van der Waals surface area contributed by atoms with Crippen molar-refractivity contribution in [1.29, 1.82) is 0 Å². The number of rotatable bonds is 10. The Hall–Kier alpha value is -4.21. The zero-order valence-electron chi connectivity index (χ0n) is 19.3. The van der Waals surface area contributed by atoms with Gasteiger partial charge >= 0.3 is 12.1 Å². The van der Waals surface area contributed by atoms with E-state index in [0.717, 1.165) is 35.1 Å². The molecule has 10 nitrogen and oxygen atoms in total. The van der Waals surface area contributed by atoms with Crippen molar-refractivity contribution in [3.8, 4) is 11.1 Å². The molecule has 0 saturated carbocycles. The zero-order chi connectivity index (χ0) is 24.8. The summed E-state index contributed by atoms with van der Waals surface area (Å²) in [6.45, 7) is 2.11. The highest BCUT2D eigenvalue weighted by molar-refractivity contribution is 5.92. The number of amides is 2. The number of aromatic amines is 1. The van der Waals surface area contributed by atoms with E-state index >= 15 is 0 Å². The number of hydrogen-bond donors (Lipinski definition) is 4. The summed E-state index contributed by atoms with van der Waals surface area (Å²) in [5.41, 5.74) is 4.44. The molecule has 4 N–H and O–H groups in total. The Bertz CT molecular complexity index is 1180. The molecule has 1 atom stereocenters. The highest BCUT2D eigenvalue weighted by Gasteiger charge is 2.29. The molecule has 0 radical (unpaired) electrons. The molecule has 0 spiro atoms. The van der Waals surface area contributed by atoms with E-state index in [-0.39, 0.29) is 30.7 Å². The molecule has 0 saturated heterocycles. The Morgan fingerprint density at radius 1 is 1.09 bits per heavy atom. The third-order valence-electron chi connectivity index (χ3n) is 5.92. The van der Waals surface area contributed by atoms with Crippen LogP contribution >= 0.6 is 0 Å². The highest BCUT2D eigenvalue weighted by Crippen LogP contribution is 2.44. The Morgan fingerprint density at radius 3 is 2.37 bits per heavy atom. The number of anilines is 1. The smallest absolute Gasteiger partial charge is 0.414 e. The van der Waals surface area contributed by atoms with E-state index in [4.69, 9.17) is 9.84 Å². The first-order valence-corrected chi connectivity index (χ1v) is 11.5. The fourth-order valence-electron chi connectivity index (χ4n) is 4.29. The van der Waals surface area contributed by atoms with Gasteiger partial charge in [-0.1, -0.05) is 68.3 Å². The van der Waals surface area contributed by atoms with Crippen LogP contribution in [-0.2, 0) is 9.53 Å². The summed E-state index contributed by atoms with van der Waals surface area (Å²) in [6, 6.07) is 15.5. The lowest BCUT2D eigenvalue weighted by molar-refractivity contribution is -0.137. The van der Waals surface area contributed by atoms with Crippen molar-refractivity contribution in [2.75, 3.05) is 11.9 Å². The maximum atomic E-state index is 12.5. The lowest BCUT2D eigenvalue weighted by Crippen LogP contribution is -2.37. The van der Waals surface area contributed by atoms with Crippen molar-refractivity contribution < 1.29 is 24.2 Å². The first-order valence-electron chi connectivity index (χ1n) is 11.5. The lowest BCUT2D eigenvalue weighted by Gasteiger charge is -2.15. The van der Waals surface area contributed by atoms with Gasteiger partial charge in [0.25, 0.3) is 11.9 Å². The number of hydrogen-bond acceptors (Lipinski definition) is 6. The van der Waals surface area contributed by atoms with Crippen molar-refractivity contribution in [1.82, 2.24) is 20.5 Å². The summed E-state index contributed by atoms with van der Waals surface area (Å²) < 4.78 is 5.46. The standard InChI is InChI=1S/C25H27N5O5/c1-2-3-8-15(13-21(31)32)26-23(33)22-27-24(30-29-22)28-25(34)35-14-20-18-11-6-4-9-16(18)17-10-5-7-12-19(17)20/h4-7,9-12,15,20H,2-3,8,13-14H2,1H3,(H,26,33)(H,31,32)(H2,27,28,29,30,34). The molecular formula is C25H27N5O5. The van der Waals surface area contributed by atoms with Crippen LogP contribution in [0.15, 0.2) is 48.5 Å². The largest absolute Gasteiger partial charge is 0.481 e. The van der Waals surface area contributed by atoms with Crippen LogP contribution in [0.3, 0.4) is 0 Å². The Morgan fingerprint density at radius 2 is 1.74 bits per heavy atom. The molecule has 2 aromatic carbocycles. The third kappa shape index (κ3) is 5.65. The van der Waals surface area contributed by atoms with Crippen LogP contribution < -0.4 is 10.6 Å². The van der Waals surface area contributed by atoms with E-state index in [1.165, 1.54) is 0 Å². The zero-order valence-corrected chi connectivity index (χ0v) is 19.3. The normalized spacial score (nSPS) is 12.9. The molecule has 1 heterocycles. The molecule has 182 valence electrons. The van der Waals surface area contributed by atoms with Gasteiger partial charge in [0.05, 0.1) is 6.42 Å². The summed E-state index contributed by atoms with van der Waals surface area (Å²) in [5, 5.41) is 20.4. The van der Waals surface area contributed by atoms with Gasteiger partial charge in [-0.05, 0) is 28.7 Å². The minimum absolute atomic E-state index is 0.0871. The van der Waals surface area contributed by atoms with Crippen LogP contribution in [0.25, 0.3) is 11.1 Å². The van der Waals surface area contributed by atoms with Crippen LogP contribution in [0.2, 0.25) is 0 Å². The van der Waals surface area contributed by atoms with Gasteiger partial charge in [0.15, 0.2) is 0 Å². The van der Waals surface area contributed by atoms with Gasteiger partial charge in [0, 0.05) is 12.0 Å². The van der Waals surface area contributed by atoms with Crippen molar-refractivity contribution in [2.24, 2.45) is 0 Å². The number of nitrogens with zero attached hydrogens (tertiary/aromatic N) is 2. The van der Waals surface area contributed by atoms with Crippen molar-refractivity contribution >= 4 is 23.9 Å². The second kappa shape index (κ2) is 10.8. The van der Waals surface area contributed by atoms with E-state index in [1.54, 1.807) is 0 Å². The monoisotopic (exact) mass is 477 g/mol. The number of carbonyl (C=O) groups excluding carboxylic acids is 2. The minimum Gasteiger partial charge on any atom is -0.481 e. The van der Waals surface area contributed by atoms with Crippen molar-refractivity contribution in [2.45, 2.75) is 44.6 Å². The number of nitrogens with one attached hydrogen (secondary N) is 3. The van der Waals surface area contributed by atoms with E-state index in [2.05, 4.69) is 37.9 Å². The molecule has 2 amide bonds. The van der Waals surface area contributed by atoms with Gasteiger partial charge in [-0.2, -0.15) is 4.98 Å². The number of unbranched alkanes of at least 4 members (excludes halogenated alkanes) is 1. The number of aliphatic carboxylic acids is 1. The fraction of sp³-hybridized carbons (Fsp3) is 0.320. The van der Waals surface area contributed by atoms with Gasteiger partial charge in [-0.15, -0.1) is 5.10 Å². The number of carbonyl (C=O) groups is 3. The first-order chi connectivity index (χ1) is 17.0. The summed E-state index contributed by atoms with van der Waals surface area (Å²) in [7, 11) is 0. The van der Waals surface area contributed by atoms with Crippen LogP contribution in [0, 0.1) is 0 Å². The molecule has 1 aliphatic carbocycles. The number of H-pyrrole nitrogens is 1. The highest BCUT2D eigenvalue weighted by atomic mass is 16.5. The summed E-state index contributed by atoms with van der Waals surface area (Å²) in [4.78, 5) is 39.9. The van der Waals surface area contributed by atoms with Gasteiger partial charge < -0.3 is 15.2 Å². The summed E-state index contributed by atoms with van der Waals surface area (Å²) >= 11 is 0. The molecule has 0 bridgehead atoms. The van der Waals surface area contributed by atoms with E-state index in [0.29, 0.717) is 6.42 Å². The molecule has 1 aromatic heterocycles.